The Balaban J connectivity index is 1.67. The van der Waals surface area contributed by atoms with Crippen LogP contribution >= 0.6 is 0 Å². The van der Waals surface area contributed by atoms with E-state index in [4.69, 9.17) is 14.6 Å². The fourth-order valence-electron chi connectivity index (χ4n) is 3.67. The molecule has 3 N–H and O–H groups in total. The predicted molar refractivity (Wildman–Crippen MR) is 123 cm³/mol. The van der Waals surface area contributed by atoms with E-state index in [-0.39, 0.29) is 19.1 Å². The molecule has 0 spiro atoms. The monoisotopic (exact) mass is 454 g/mol. The molecule has 2 aromatic carbocycles. The summed E-state index contributed by atoms with van der Waals surface area (Å²) in [5.41, 5.74) is 3.82. The maximum atomic E-state index is 12.6. The highest BCUT2D eigenvalue weighted by atomic mass is 16.5. The molecule has 0 saturated carbocycles. The van der Waals surface area contributed by atoms with E-state index in [1.54, 1.807) is 0 Å². The molecule has 2 atom stereocenters. The molecular weight excluding hydrogens is 424 g/mol. The SMILES string of the molecule is CC(NC(=O)[C@H](COC(C)(C)C)NC(=O)OCC1c2ccccc2-c2ccccc21)C(=O)O. The summed E-state index contributed by atoms with van der Waals surface area (Å²) in [6.45, 7) is 6.75. The zero-order valence-corrected chi connectivity index (χ0v) is 19.3. The smallest absolute Gasteiger partial charge is 0.407 e. The third-order valence-electron chi connectivity index (χ3n) is 5.36. The van der Waals surface area contributed by atoms with Crippen molar-refractivity contribution in [1.82, 2.24) is 10.6 Å². The van der Waals surface area contributed by atoms with Crippen LogP contribution in [-0.2, 0) is 19.1 Å². The van der Waals surface area contributed by atoms with Crippen molar-refractivity contribution in [2.45, 2.75) is 51.3 Å². The first kappa shape index (κ1) is 24.3. The number of benzene rings is 2. The predicted octanol–water partition coefficient (Wildman–Crippen LogP) is 3.30. The van der Waals surface area contributed by atoms with Gasteiger partial charge in [0.25, 0.3) is 0 Å². The molecule has 0 bridgehead atoms. The fourth-order valence-corrected chi connectivity index (χ4v) is 3.67. The Morgan fingerprint density at radius 1 is 0.970 bits per heavy atom. The van der Waals surface area contributed by atoms with Gasteiger partial charge in [-0.2, -0.15) is 0 Å². The first-order valence-corrected chi connectivity index (χ1v) is 10.9. The molecule has 0 fully saturated rings. The quantitative estimate of drug-likeness (QED) is 0.564. The van der Waals surface area contributed by atoms with E-state index in [0.29, 0.717) is 0 Å². The molecule has 3 rings (SSSR count). The standard InChI is InChI=1S/C25H30N2O6/c1-15(23(29)30)26-22(28)21(14-33-25(2,3)4)27-24(31)32-13-20-18-11-7-5-9-16(18)17-10-6-8-12-19(17)20/h5-12,15,20-21H,13-14H2,1-4H3,(H,26,28)(H,27,31)(H,29,30)/t15?,21-/m0/s1. The molecule has 176 valence electrons. The number of amides is 2. The topological polar surface area (TPSA) is 114 Å². The number of carbonyl (C=O) groups is 3. The number of aliphatic carboxylic acids is 1. The molecule has 2 aromatic rings. The van der Waals surface area contributed by atoms with Crippen LogP contribution in [0.25, 0.3) is 11.1 Å². The summed E-state index contributed by atoms with van der Waals surface area (Å²) in [6, 6.07) is 13.7. The van der Waals surface area contributed by atoms with Crippen molar-refractivity contribution < 1.29 is 29.0 Å². The third kappa shape index (κ3) is 6.10. The second-order valence-corrected chi connectivity index (χ2v) is 9.01. The van der Waals surface area contributed by atoms with E-state index in [2.05, 4.69) is 10.6 Å². The number of carbonyl (C=O) groups excluding carboxylic acids is 2. The number of carboxylic acid groups (broad SMARTS) is 1. The molecule has 0 aliphatic heterocycles. The molecule has 1 aliphatic rings. The zero-order valence-electron chi connectivity index (χ0n) is 19.3. The molecule has 0 heterocycles. The van der Waals surface area contributed by atoms with Gasteiger partial charge in [0.15, 0.2) is 0 Å². The van der Waals surface area contributed by atoms with Crippen molar-refractivity contribution >= 4 is 18.0 Å². The summed E-state index contributed by atoms with van der Waals surface area (Å²) >= 11 is 0. The van der Waals surface area contributed by atoms with Crippen LogP contribution in [0.5, 0.6) is 0 Å². The number of nitrogens with one attached hydrogen (secondary N) is 2. The summed E-state index contributed by atoms with van der Waals surface area (Å²) in [7, 11) is 0. The van der Waals surface area contributed by atoms with E-state index in [0.717, 1.165) is 22.3 Å². The Morgan fingerprint density at radius 3 is 2.03 bits per heavy atom. The highest BCUT2D eigenvalue weighted by Crippen LogP contribution is 2.44. The van der Waals surface area contributed by atoms with Gasteiger partial charge in [-0.25, -0.2) is 4.79 Å². The maximum absolute atomic E-state index is 12.6. The first-order valence-electron chi connectivity index (χ1n) is 10.9. The van der Waals surface area contributed by atoms with Crippen molar-refractivity contribution in [2.75, 3.05) is 13.2 Å². The molecule has 1 unspecified atom stereocenters. The normalized spacial score (nSPS) is 14.5. The molecular formula is C25H30N2O6. The number of alkyl carbamates (subject to hydrolysis) is 1. The van der Waals surface area contributed by atoms with Crippen LogP contribution in [0.1, 0.15) is 44.7 Å². The Kier molecular flexibility index (Phi) is 7.38. The Labute approximate surface area is 193 Å². The average Bonchev–Trinajstić information content (AvgIpc) is 3.08. The highest BCUT2D eigenvalue weighted by Gasteiger charge is 2.30. The number of fused-ring (bicyclic) bond motifs is 3. The van der Waals surface area contributed by atoms with Gasteiger partial charge in [0.1, 0.15) is 18.7 Å². The van der Waals surface area contributed by atoms with Gasteiger partial charge in [-0.3, -0.25) is 9.59 Å². The van der Waals surface area contributed by atoms with Gasteiger partial charge in [-0.05, 0) is 49.9 Å². The van der Waals surface area contributed by atoms with Gasteiger partial charge in [0.05, 0.1) is 12.2 Å². The molecule has 0 radical (unpaired) electrons. The number of carboxylic acids is 1. The van der Waals surface area contributed by atoms with Crippen molar-refractivity contribution in [1.29, 1.82) is 0 Å². The van der Waals surface area contributed by atoms with Gasteiger partial charge in [-0.1, -0.05) is 48.5 Å². The van der Waals surface area contributed by atoms with Crippen molar-refractivity contribution in [2.24, 2.45) is 0 Å². The lowest BCUT2D eigenvalue weighted by atomic mass is 9.98. The lowest BCUT2D eigenvalue weighted by Gasteiger charge is -2.25. The van der Waals surface area contributed by atoms with E-state index in [9.17, 15) is 14.4 Å². The summed E-state index contributed by atoms with van der Waals surface area (Å²) in [6.07, 6.45) is -0.780. The van der Waals surface area contributed by atoms with Gasteiger partial charge < -0.3 is 25.2 Å². The van der Waals surface area contributed by atoms with Crippen molar-refractivity contribution in [3.05, 3.63) is 59.7 Å². The highest BCUT2D eigenvalue weighted by molar-refractivity contribution is 5.89. The second kappa shape index (κ2) is 10.0. The number of hydrogen-bond donors (Lipinski definition) is 3. The minimum atomic E-state index is -1.18. The molecule has 8 heteroatoms. The Bertz CT molecular complexity index is 984. The van der Waals surface area contributed by atoms with Gasteiger partial charge >= 0.3 is 12.1 Å². The molecule has 33 heavy (non-hydrogen) atoms. The van der Waals surface area contributed by atoms with Gasteiger partial charge in [0.2, 0.25) is 5.91 Å². The fraction of sp³-hybridized carbons (Fsp3) is 0.400. The minimum absolute atomic E-state index is 0.0971. The molecule has 1 aliphatic carbocycles. The summed E-state index contributed by atoms with van der Waals surface area (Å²) < 4.78 is 11.2. The minimum Gasteiger partial charge on any atom is -0.480 e. The summed E-state index contributed by atoms with van der Waals surface area (Å²) in [5.74, 6) is -1.96. The lowest BCUT2D eigenvalue weighted by Crippen LogP contribution is -2.53. The molecule has 8 nitrogen and oxygen atoms in total. The van der Waals surface area contributed by atoms with Crippen LogP contribution < -0.4 is 10.6 Å². The largest absolute Gasteiger partial charge is 0.480 e. The van der Waals surface area contributed by atoms with Crippen molar-refractivity contribution in [3.8, 4) is 11.1 Å². The van der Waals surface area contributed by atoms with E-state index < -0.39 is 35.7 Å². The van der Waals surface area contributed by atoms with Crippen LogP contribution in [-0.4, -0.2) is 54.0 Å². The number of hydrogen-bond acceptors (Lipinski definition) is 5. The van der Waals surface area contributed by atoms with E-state index >= 15 is 0 Å². The number of ether oxygens (including phenoxy) is 2. The number of rotatable bonds is 8. The van der Waals surface area contributed by atoms with Gasteiger partial charge in [0, 0.05) is 5.92 Å². The van der Waals surface area contributed by atoms with Crippen LogP contribution in [0.15, 0.2) is 48.5 Å². The maximum Gasteiger partial charge on any atom is 0.407 e. The van der Waals surface area contributed by atoms with Crippen LogP contribution in [0.4, 0.5) is 4.79 Å². The third-order valence-corrected chi connectivity index (χ3v) is 5.36. The first-order chi connectivity index (χ1) is 15.6. The average molecular weight is 455 g/mol. The molecule has 0 aromatic heterocycles. The van der Waals surface area contributed by atoms with Crippen LogP contribution in [0.3, 0.4) is 0 Å². The second-order valence-electron chi connectivity index (χ2n) is 9.01. The molecule has 2 amide bonds. The van der Waals surface area contributed by atoms with Crippen LogP contribution in [0.2, 0.25) is 0 Å². The Hall–Kier alpha value is -3.39. The van der Waals surface area contributed by atoms with Gasteiger partial charge in [-0.15, -0.1) is 0 Å². The zero-order chi connectivity index (χ0) is 24.2. The van der Waals surface area contributed by atoms with E-state index in [1.165, 1.54) is 6.92 Å². The molecule has 0 saturated heterocycles. The Morgan fingerprint density at radius 2 is 1.52 bits per heavy atom. The lowest BCUT2D eigenvalue weighted by molar-refractivity contribution is -0.142. The summed E-state index contributed by atoms with van der Waals surface area (Å²) in [5, 5.41) is 13.9. The van der Waals surface area contributed by atoms with E-state index in [1.807, 2.05) is 69.3 Å². The van der Waals surface area contributed by atoms with Crippen molar-refractivity contribution in [3.63, 3.8) is 0 Å². The van der Waals surface area contributed by atoms with Crippen LogP contribution in [0, 0.1) is 0 Å². The summed E-state index contributed by atoms with van der Waals surface area (Å²) in [4.78, 5) is 36.3.